The molecule has 0 spiro atoms. The summed E-state index contributed by atoms with van der Waals surface area (Å²) in [5.74, 6) is 0. The summed E-state index contributed by atoms with van der Waals surface area (Å²) in [6.07, 6.45) is 0.502. The molecule has 0 heterocycles. The second-order valence-electron chi connectivity index (χ2n) is 2.77. The SMILES string of the molecule is CC1(C)CC1(F)Cl. The third-order valence-electron chi connectivity index (χ3n) is 1.53. The van der Waals surface area contributed by atoms with Crippen LogP contribution in [-0.4, -0.2) is 5.13 Å². The third-order valence-corrected chi connectivity index (χ3v) is 2.17. The van der Waals surface area contributed by atoms with Crippen LogP contribution in [0.4, 0.5) is 4.39 Å². The molecule has 1 aliphatic rings. The summed E-state index contributed by atoms with van der Waals surface area (Å²) in [5, 5.41) is -1.38. The van der Waals surface area contributed by atoms with E-state index in [1.165, 1.54) is 0 Å². The Hall–Kier alpha value is 0.220. The number of hydrogen-bond acceptors (Lipinski definition) is 0. The smallest absolute Gasteiger partial charge is 0.189 e. The first-order valence-corrected chi connectivity index (χ1v) is 2.71. The summed E-state index contributed by atoms with van der Waals surface area (Å²) in [7, 11) is 0. The summed E-state index contributed by atoms with van der Waals surface area (Å²) >= 11 is 5.27. The lowest BCUT2D eigenvalue weighted by Crippen LogP contribution is -1.97. The average Bonchev–Trinajstić information content (AvgIpc) is 1.63. The van der Waals surface area contributed by atoms with Crippen molar-refractivity contribution in [1.29, 1.82) is 0 Å². The van der Waals surface area contributed by atoms with E-state index in [9.17, 15) is 4.39 Å². The monoisotopic (exact) mass is 122 g/mol. The van der Waals surface area contributed by atoms with Gasteiger partial charge in [0.05, 0.1) is 0 Å². The van der Waals surface area contributed by atoms with E-state index in [0.29, 0.717) is 6.42 Å². The fraction of sp³-hybridized carbons (Fsp3) is 1.00. The van der Waals surface area contributed by atoms with Crippen LogP contribution in [0.2, 0.25) is 0 Å². The zero-order chi connectivity index (χ0) is 5.71. The number of alkyl halides is 2. The molecule has 1 fully saturated rings. The Morgan fingerprint density at radius 3 is 1.71 bits per heavy atom. The molecule has 0 bridgehead atoms. The van der Waals surface area contributed by atoms with Crippen molar-refractivity contribution in [2.45, 2.75) is 25.4 Å². The van der Waals surface area contributed by atoms with Crippen LogP contribution in [0.3, 0.4) is 0 Å². The highest BCUT2D eigenvalue weighted by Crippen LogP contribution is 2.61. The Morgan fingerprint density at radius 2 is 1.71 bits per heavy atom. The van der Waals surface area contributed by atoms with E-state index in [1.807, 2.05) is 13.8 Å². The summed E-state index contributed by atoms with van der Waals surface area (Å²) < 4.78 is 12.3. The van der Waals surface area contributed by atoms with Crippen molar-refractivity contribution in [3.63, 3.8) is 0 Å². The van der Waals surface area contributed by atoms with Gasteiger partial charge in [0, 0.05) is 11.8 Å². The highest BCUT2D eigenvalue weighted by Gasteiger charge is 2.61. The van der Waals surface area contributed by atoms with E-state index in [4.69, 9.17) is 11.6 Å². The maximum atomic E-state index is 12.3. The van der Waals surface area contributed by atoms with Gasteiger partial charge in [0.15, 0.2) is 5.13 Å². The van der Waals surface area contributed by atoms with Crippen molar-refractivity contribution >= 4 is 11.6 Å². The van der Waals surface area contributed by atoms with Crippen LogP contribution in [-0.2, 0) is 0 Å². The molecule has 1 saturated carbocycles. The van der Waals surface area contributed by atoms with Crippen LogP contribution in [0, 0.1) is 5.41 Å². The molecule has 0 aromatic carbocycles. The molecule has 0 radical (unpaired) electrons. The Morgan fingerprint density at radius 1 is 1.57 bits per heavy atom. The van der Waals surface area contributed by atoms with Gasteiger partial charge in [-0.1, -0.05) is 25.4 Å². The van der Waals surface area contributed by atoms with Crippen LogP contribution in [0.25, 0.3) is 0 Å². The van der Waals surface area contributed by atoms with Gasteiger partial charge in [0.2, 0.25) is 0 Å². The minimum atomic E-state index is -1.38. The Labute approximate surface area is 47.7 Å². The lowest BCUT2D eigenvalue weighted by molar-refractivity contribution is 0.351. The van der Waals surface area contributed by atoms with Gasteiger partial charge in [-0.25, -0.2) is 4.39 Å². The van der Waals surface area contributed by atoms with E-state index in [0.717, 1.165) is 0 Å². The quantitative estimate of drug-likeness (QED) is 0.433. The molecule has 0 aromatic rings. The van der Waals surface area contributed by atoms with Crippen LogP contribution < -0.4 is 0 Å². The zero-order valence-electron chi connectivity index (χ0n) is 4.46. The molecule has 42 valence electrons. The minimum Gasteiger partial charge on any atom is -0.226 e. The molecule has 0 aliphatic heterocycles. The molecule has 0 amide bonds. The Bertz CT molecular complexity index is 84.3. The summed E-state index contributed by atoms with van der Waals surface area (Å²) in [6, 6.07) is 0. The van der Waals surface area contributed by atoms with Gasteiger partial charge in [-0.2, -0.15) is 0 Å². The summed E-state index contributed by atoms with van der Waals surface area (Å²) in [6.45, 7) is 3.64. The summed E-state index contributed by atoms with van der Waals surface area (Å²) in [4.78, 5) is 0. The zero-order valence-corrected chi connectivity index (χ0v) is 5.22. The fourth-order valence-electron chi connectivity index (χ4n) is 0.511. The van der Waals surface area contributed by atoms with E-state index < -0.39 is 5.13 Å². The standard InChI is InChI=1S/C5H8ClF/c1-4(2)3-5(4,6)7/h3H2,1-2H3. The average molecular weight is 123 g/mol. The molecular formula is C5H8ClF. The minimum absolute atomic E-state index is 0.255. The van der Waals surface area contributed by atoms with Gasteiger partial charge in [-0.15, -0.1) is 0 Å². The molecule has 1 rings (SSSR count). The van der Waals surface area contributed by atoms with Crippen LogP contribution in [0.1, 0.15) is 20.3 Å². The molecule has 1 aliphatic carbocycles. The van der Waals surface area contributed by atoms with E-state index in [-0.39, 0.29) is 5.41 Å². The number of hydrogen-bond donors (Lipinski definition) is 0. The van der Waals surface area contributed by atoms with E-state index in [2.05, 4.69) is 0 Å². The molecule has 2 heteroatoms. The molecule has 1 unspecified atom stereocenters. The topological polar surface area (TPSA) is 0 Å². The van der Waals surface area contributed by atoms with Crippen molar-refractivity contribution in [2.24, 2.45) is 5.41 Å². The summed E-state index contributed by atoms with van der Waals surface area (Å²) in [5.41, 5.74) is -0.255. The highest BCUT2D eigenvalue weighted by atomic mass is 35.5. The first kappa shape index (κ1) is 5.36. The maximum Gasteiger partial charge on any atom is 0.189 e. The Kier molecular flexibility index (Phi) is 0.742. The highest BCUT2D eigenvalue weighted by molar-refractivity contribution is 6.25. The lowest BCUT2D eigenvalue weighted by Gasteiger charge is -1.97. The van der Waals surface area contributed by atoms with Crippen molar-refractivity contribution in [2.75, 3.05) is 0 Å². The van der Waals surface area contributed by atoms with Crippen LogP contribution in [0.15, 0.2) is 0 Å². The predicted molar refractivity (Wildman–Crippen MR) is 28.1 cm³/mol. The predicted octanol–water partition coefficient (Wildman–Crippen LogP) is 2.32. The molecule has 0 nitrogen and oxygen atoms in total. The second kappa shape index (κ2) is 0.970. The normalized spacial score (nSPS) is 46.3. The molecule has 7 heavy (non-hydrogen) atoms. The van der Waals surface area contributed by atoms with Gasteiger partial charge in [0.1, 0.15) is 0 Å². The van der Waals surface area contributed by atoms with Gasteiger partial charge in [-0.05, 0) is 0 Å². The van der Waals surface area contributed by atoms with Crippen molar-refractivity contribution in [3.05, 3.63) is 0 Å². The van der Waals surface area contributed by atoms with Crippen molar-refractivity contribution in [1.82, 2.24) is 0 Å². The molecule has 0 N–H and O–H groups in total. The molecular weight excluding hydrogens is 115 g/mol. The van der Waals surface area contributed by atoms with Gasteiger partial charge in [-0.3, -0.25) is 0 Å². The molecule has 1 atom stereocenters. The van der Waals surface area contributed by atoms with Crippen LogP contribution >= 0.6 is 11.6 Å². The Balaban J connectivity index is 2.59. The first-order chi connectivity index (χ1) is 2.96. The molecule has 0 saturated heterocycles. The maximum absolute atomic E-state index is 12.3. The van der Waals surface area contributed by atoms with Crippen LogP contribution in [0.5, 0.6) is 0 Å². The molecule has 0 aromatic heterocycles. The van der Waals surface area contributed by atoms with Gasteiger partial charge >= 0.3 is 0 Å². The largest absolute Gasteiger partial charge is 0.226 e. The van der Waals surface area contributed by atoms with E-state index >= 15 is 0 Å². The lowest BCUT2D eigenvalue weighted by atomic mass is 10.2. The first-order valence-electron chi connectivity index (χ1n) is 2.34. The number of halogens is 2. The van der Waals surface area contributed by atoms with Gasteiger partial charge < -0.3 is 0 Å². The third kappa shape index (κ3) is 0.634. The number of rotatable bonds is 0. The van der Waals surface area contributed by atoms with Gasteiger partial charge in [0.25, 0.3) is 0 Å². The van der Waals surface area contributed by atoms with Crippen molar-refractivity contribution in [3.8, 4) is 0 Å². The van der Waals surface area contributed by atoms with E-state index in [1.54, 1.807) is 0 Å². The van der Waals surface area contributed by atoms with Crippen molar-refractivity contribution < 1.29 is 4.39 Å². The fourth-order valence-corrected chi connectivity index (χ4v) is 0.845. The second-order valence-corrected chi connectivity index (χ2v) is 3.36.